The normalized spacial score (nSPS) is 23.2. The van der Waals surface area contributed by atoms with E-state index >= 15 is 0 Å². The monoisotopic (exact) mass is 294 g/mol. The average molecular weight is 294 g/mol. The predicted molar refractivity (Wildman–Crippen MR) is 80.0 cm³/mol. The van der Waals surface area contributed by atoms with Gasteiger partial charge in [0.15, 0.2) is 0 Å². The smallest absolute Gasteiger partial charge is 0.223 e. The Hall–Kier alpha value is -1.43. The molecule has 0 radical (unpaired) electrons. The first-order valence-electron chi connectivity index (χ1n) is 7.79. The molecule has 2 atom stereocenters. The summed E-state index contributed by atoms with van der Waals surface area (Å²) in [5.74, 6) is 1.91. The molecular formula is C15H26N4O2. The zero-order valence-corrected chi connectivity index (χ0v) is 13.5. The van der Waals surface area contributed by atoms with E-state index in [0.717, 1.165) is 38.2 Å². The van der Waals surface area contributed by atoms with Gasteiger partial charge in [-0.1, -0.05) is 6.92 Å². The molecule has 2 heterocycles. The molecule has 0 aliphatic carbocycles. The lowest BCUT2D eigenvalue weighted by molar-refractivity contribution is -0.129. The number of aromatic nitrogens is 2. The van der Waals surface area contributed by atoms with Gasteiger partial charge in [0.2, 0.25) is 17.7 Å². The van der Waals surface area contributed by atoms with Crippen molar-refractivity contribution in [3.8, 4) is 0 Å². The van der Waals surface area contributed by atoms with E-state index in [1.807, 2.05) is 6.92 Å². The minimum absolute atomic E-state index is 0.176. The van der Waals surface area contributed by atoms with E-state index < -0.39 is 0 Å². The standard InChI is InChI=1S/C15H26N4O2/c1-5-13-16-17-15(21-13)12-7-6-9-19(11(12)2)10-8-14(20)18(3)4/h11-12H,5-10H2,1-4H3/t11-,12-/m0/s1. The summed E-state index contributed by atoms with van der Waals surface area (Å²) in [4.78, 5) is 15.8. The highest BCUT2D eigenvalue weighted by molar-refractivity contribution is 5.75. The van der Waals surface area contributed by atoms with Crippen molar-refractivity contribution in [2.24, 2.45) is 0 Å². The molecule has 6 heteroatoms. The van der Waals surface area contributed by atoms with Crippen molar-refractivity contribution in [2.45, 2.75) is 51.5 Å². The van der Waals surface area contributed by atoms with E-state index in [0.29, 0.717) is 18.4 Å². The van der Waals surface area contributed by atoms with Gasteiger partial charge in [-0.15, -0.1) is 10.2 Å². The summed E-state index contributed by atoms with van der Waals surface area (Å²) in [5.41, 5.74) is 0. The first-order valence-corrected chi connectivity index (χ1v) is 7.79. The zero-order valence-electron chi connectivity index (χ0n) is 13.5. The van der Waals surface area contributed by atoms with Crippen LogP contribution in [0.5, 0.6) is 0 Å². The minimum atomic E-state index is 0.176. The third-order valence-electron chi connectivity index (χ3n) is 4.33. The van der Waals surface area contributed by atoms with Crippen LogP contribution in [0.15, 0.2) is 4.42 Å². The SMILES string of the molecule is CCc1nnc([C@H]2CCCN(CCC(=O)N(C)C)[C@H]2C)o1. The fourth-order valence-corrected chi connectivity index (χ4v) is 2.88. The molecule has 1 aromatic rings. The molecule has 0 aromatic carbocycles. The lowest BCUT2D eigenvalue weighted by Gasteiger charge is -2.37. The summed E-state index contributed by atoms with van der Waals surface area (Å²) in [6, 6.07) is 0.332. The Morgan fingerprint density at radius 1 is 1.43 bits per heavy atom. The summed E-state index contributed by atoms with van der Waals surface area (Å²) in [6.07, 6.45) is 3.52. The maximum absolute atomic E-state index is 11.7. The summed E-state index contributed by atoms with van der Waals surface area (Å²) >= 11 is 0. The second-order valence-electron chi connectivity index (χ2n) is 5.95. The van der Waals surface area contributed by atoms with Crippen LogP contribution in [0.1, 0.15) is 50.8 Å². The average Bonchev–Trinajstić information content (AvgIpc) is 2.94. The molecule has 1 fully saturated rings. The van der Waals surface area contributed by atoms with E-state index in [1.54, 1.807) is 19.0 Å². The van der Waals surface area contributed by atoms with Crippen LogP contribution in [-0.2, 0) is 11.2 Å². The number of nitrogens with zero attached hydrogens (tertiary/aromatic N) is 4. The van der Waals surface area contributed by atoms with Crippen LogP contribution in [0.3, 0.4) is 0 Å². The Morgan fingerprint density at radius 2 is 2.19 bits per heavy atom. The predicted octanol–water partition coefficient (Wildman–Crippen LogP) is 1.68. The summed E-state index contributed by atoms with van der Waals surface area (Å²) in [7, 11) is 3.60. The fraction of sp³-hybridized carbons (Fsp3) is 0.800. The van der Waals surface area contributed by atoms with Crippen molar-refractivity contribution in [3.63, 3.8) is 0 Å². The number of hydrogen-bond acceptors (Lipinski definition) is 5. The highest BCUT2D eigenvalue weighted by Gasteiger charge is 2.32. The quantitative estimate of drug-likeness (QED) is 0.827. The van der Waals surface area contributed by atoms with E-state index in [2.05, 4.69) is 22.0 Å². The number of amides is 1. The number of aryl methyl sites for hydroxylation is 1. The maximum atomic E-state index is 11.7. The molecule has 2 rings (SSSR count). The second kappa shape index (κ2) is 7.02. The Bertz CT molecular complexity index is 472. The van der Waals surface area contributed by atoms with Gasteiger partial charge in [-0.3, -0.25) is 9.69 Å². The van der Waals surface area contributed by atoms with Gasteiger partial charge in [0.1, 0.15) is 0 Å². The largest absolute Gasteiger partial charge is 0.425 e. The van der Waals surface area contributed by atoms with Gasteiger partial charge in [-0.25, -0.2) is 0 Å². The molecule has 1 aliphatic heterocycles. The highest BCUT2D eigenvalue weighted by atomic mass is 16.4. The fourth-order valence-electron chi connectivity index (χ4n) is 2.88. The van der Waals surface area contributed by atoms with Crippen LogP contribution in [-0.4, -0.2) is 59.1 Å². The molecule has 0 N–H and O–H groups in total. The molecule has 1 saturated heterocycles. The van der Waals surface area contributed by atoms with E-state index in [1.165, 1.54) is 0 Å². The lowest BCUT2D eigenvalue weighted by Crippen LogP contribution is -2.43. The van der Waals surface area contributed by atoms with E-state index in [-0.39, 0.29) is 11.8 Å². The van der Waals surface area contributed by atoms with Gasteiger partial charge in [-0.2, -0.15) is 0 Å². The zero-order chi connectivity index (χ0) is 15.4. The molecule has 0 spiro atoms. The van der Waals surface area contributed by atoms with Crippen LogP contribution in [0.25, 0.3) is 0 Å². The third-order valence-corrected chi connectivity index (χ3v) is 4.33. The Morgan fingerprint density at radius 3 is 2.81 bits per heavy atom. The van der Waals surface area contributed by atoms with Crippen molar-refractivity contribution in [3.05, 3.63) is 11.8 Å². The molecule has 1 aliphatic rings. The Kier molecular flexibility index (Phi) is 5.33. The number of rotatable bonds is 5. The van der Waals surface area contributed by atoms with Crippen LogP contribution >= 0.6 is 0 Å². The van der Waals surface area contributed by atoms with E-state index in [9.17, 15) is 4.79 Å². The van der Waals surface area contributed by atoms with Crippen LogP contribution in [0.4, 0.5) is 0 Å². The summed E-state index contributed by atoms with van der Waals surface area (Å²) in [5, 5.41) is 8.27. The number of carbonyl (C=O) groups excluding carboxylic acids is 1. The molecule has 0 saturated carbocycles. The number of carbonyl (C=O) groups is 1. The van der Waals surface area contributed by atoms with Crippen LogP contribution in [0, 0.1) is 0 Å². The number of likely N-dealkylation sites (tertiary alicyclic amines) is 1. The van der Waals surface area contributed by atoms with Crippen LogP contribution < -0.4 is 0 Å². The summed E-state index contributed by atoms with van der Waals surface area (Å²) < 4.78 is 5.73. The minimum Gasteiger partial charge on any atom is -0.425 e. The molecule has 118 valence electrons. The van der Waals surface area contributed by atoms with Gasteiger partial charge >= 0.3 is 0 Å². The third kappa shape index (κ3) is 3.81. The molecule has 1 aromatic heterocycles. The van der Waals surface area contributed by atoms with Crippen molar-refractivity contribution < 1.29 is 9.21 Å². The van der Waals surface area contributed by atoms with Crippen molar-refractivity contribution in [1.82, 2.24) is 20.0 Å². The molecular weight excluding hydrogens is 268 g/mol. The van der Waals surface area contributed by atoms with Gasteiger partial charge in [0.05, 0.1) is 5.92 Å². The molecule has 21 heavy (non-hydrogen) atoms. The highest BCUT2D eigenvalue weighted by Crippen LogP contribution is 2.31. The molecule has 1 amide bonds. The maximum Gasteiger partial charge on any atom is 0.223 e. The van der Waals surface area contributed by atoms with Crippen molar-refractivity contribution in [2.75, 3.05) is 27.2 Å². The second-order valence-corrected chi connectivity index (χ2v) is 5.95. The first kappa shape index (κ1) is 15.9. The van der Waals surface area contributed by atoms with Gasteiger partial charge in [-0.05, 0) is 26.3 Å². The van der Waals surface area contributed by atoms with Gasteiger partial charge < -0.3 is 9.32 Å². The van der Waals surface area contributed by atoms with Crippen molar-refractivity contribution in [1.29, 1.82) is 0 Å². The number of hydrogen-bond donors (Lipinski definition) is 0. The van der Waals surface area contributed by atoms with Gasteiger partial charge in [0.25, 0.3) is 0 Å². The Balaban J connectivity index is 1.97. The van der Waals surface area contributed by atoms with Crippen molar-refractivity contribution >= 4 is 5.91 Å². The molecule has 0 unspecified atom stereocenters. The van der Waals surface area contributed by atoms with Gasteiger partial charge in [0, 0.05) is 39.5 Å². The topological polar surface area (TPSA) is 62.5 Å². The number of piperidine rings is 1. The Labute approximate surface area is 126 Å². The van der Waals surface area contributed by atoms with Crippen LogP contribution in [0.2, 0.25) is 0 Å². The summed E-state index contributed by atoms with van der Waals surface area (Å²) in [6.45, 7) is 6.04. The molecule has 0 bridgehead atoms. The lowest BCUT2D eigenvalue weighted by atomic mass is 9.90. The first-order chi connectivity index (χ1) is 10.0. The molecule has 6 nitrogen and oxygen atoms in total. The van der Waals surface area contributed by atoms with E-state index in [4.69, 9.17) is 4.42 Å².